The molecule has 0 saturated carbocycles. The van der Waals surface area contributed by atoms with Gasteiger partial charge in [0.2, 0.25) is 11.5 Å². The number of rotatable bonds is 5. The summed E-state index contributed by atoms with van der Waals surface area (Å²) in [5.41, 5.74) is 4.69. The number of nitrogens with two attached hydrogens (primary N) is 1. The molecule has 2 N–H and O–H groups in total. The normalized spacial score (nSPS) is 11.2. The Morgan fingerprint density at radius 3 is 2.50 bits per heavy atom. The number of anilines is 1. The molecule has 11 heteroatoms. The molecule has 0 atom stereocenters. The van der Waals surface area contributed by atoms with Crippen LogP contribution in [-0.4, -0.2) is 53.5 Å². The number of methoxy groups -OCH3 is 1. The summed E-state index contributed by atoms with van der Waals surface area (Å²) in [5.74, 6) is -2.32. The maximum atomic E-state index is 12.4. The first-order valence-corrected chi connectivity index (χ1v) is 5.25. The number of hydrogen-bond donors (Lipinski definition) is 1. The van der Waals surface area contributed by atoms with E-state index in [0.29, 0.717) is 4.90 Å². The van der Waals surface area contributed by atoms with E-state index in [4.69, 9.17) is 5.73 Å². The molecule has 0 saturated heterocycles. The number of aromatic nitrogens is 2. The third kappa shape index (κ3) is 4.40. The Balaban J connectivity index is 2.84. The smallest absolute Gasteiger partial charge is 0.406 e. The number of nitrogen functional groups attached to an aromatic ring is 1. The van der Waals surface area contributed by atoms with Crippen LogP contribution < -0.4 is 5.73 Å². The predicted molar refractivity (Wildman–Crippen MR) is 57.3 cm³/mol. The molecule has 0 spiro atoms. The van der Waals surface area contributed by atoms with Crippen molar-refractivity contribution in [1.29, 1.82) is 0 Å². The monoisotopic (exact) mass is 296 g/mol. The summed E-state index contributed by atoms with van der Waals surface area (Å²) in [7, 11) is 1.08. The molecule has 1 amide bonds. The number of hydrogen-bond acceptors (Lipinski definition) is 7. The molecule has 0 bridgehead atoms. The Kier molecular flexibility index (Phi) is 4.88. The fraction of sp³-hybridized carbons (Fsp3) is 0.556. The van der Waals surface area contributed by atoms with Crippen LogP contribution >= 0.6 is 0 Å². The summed E-state index contributed by atoms with van der Waals surface area (Å²) in [5, 5.41) is 6.23. The van der Waals surface area contributed by atoms with Gasteiger partial charge in [0, 0.05) is 6.54 Å². The first-order valence-electron chi connectivity index (χ1n) is 5.25. The zero-order valence-electron chi connectivity index (χ0n) is 10.3. The Morgan fingerprint density at radius 1 is 1.40 bits per heavy atom. The van der Waals surface area contributed by atoms with Gasteiger partial charge >= 0.3 is 12.1 Å². The molecule has 0 aliphatic rings. The number of ether oxygens (including phenoxy) is 1. The van der Waals surface area contributed by atoms with E-state index in [2.05, 4.69) is 19.7 Å². The van der Waals surface area contributed by atoms with E-state index < -0.39 is 49.1 Å². The van der Waals surface area contributed by atoms with Gasteiger partial charge in [0.1, 0.15) is 6.54 Å². The molecule has 8 nitrogen and oxygen atoms in total. The fourth-order valence-corrected chi connectivity index (χ4v) is 1.29. The number of amides is 1. The average molecular weight is 296 g/mol. The standard InChI is InChI=1S/C9H11F3N4O4/c1-19-5(17)2-3-16(4-9(10,11)12)8(18)6-7(13)15-20-14-6/h2-4H2,1H3,(H2,13,15). The minimum Gasteiger partial charge on any atom is -0.469 e. The van der Waals surface area contributed by atoms with Crippen LogP contribution in [0.1, 0.15) is 16.9 Å². The van der Waals surface area contributed by atoms with E-state index in [0.717, 1.165) is 7.11 Å². The van der Waals surface area contributed by atoms with Gasteiger partial charge in [0.15, 0.2) is 0 Å². The van der Waals surface area contributed by atoms with Gasteiger partial charge in [-0.2, -0.15) is 13.2 Å². The van der Waals surface area contributed by atoms with Crippen LogP contribution in [0.15, 0.2) is 4.63 Å². The number of halogens is 3. The molecule has 0 aromatic carbocycles. The van der Waals surface area contributed by atoms with Gasteiger partial charge in [-0.15, -0.1) is 0 Å². The molecule has 20 heavy (non-hydrogen) atoms. The molecule has 0 aliphatic heterocycles. The third-order valence-corrected chi connectivity index (χ3v) is 2.19. The van der Waals surface area contributed by atoms with Gasteiger partial charge < -0.3 is 15.4 Å². The van der Waals surface area contributed by atoms with Gasteiger partial charge in [0.25, 0.3) is 5.91 Å². The van der Waals surface area contributed by atoms with Crippen molar-refractivity contribution < 1.29 is 32.1 Å². The highest BCUT2D eigenvalue weighted by molar-refractivity contribution is 5.96. The number of carbonyl (C=O) groups is 2. The van der Waals surface area contributed by atoms with Crippen LogP contribution in [0.5, 0.6) is 0 Å². The summed E-state index contributed by atoms with van der Waals surface area (Å²) in [6.07, 6.45) is -5.04. The van der Waals surface area contributed by atoms with Crippen molar-refractivity contribution in [3.63, 3.8) is 0 Å². The van der Waals surface area contributed by atoms with E-state index in [-0.39, 0.29) is 0 Å². The predicted octanol–water partition coefficient (Wildman–Crippen LogP) is 0.219. The molecule has 112 valence electrons. The Hall–Kier alpha value is -2.33. The first kappa shape index (κ1) is 15.7. The number of nitrogens with zero attached hydrogens (tertiary/aromatic N) is 3. The highest BCUT2D eigenvalue weighted by Gasteiger charge is 2.35. The lowest BCUT2D eigenvalue weighted by atomic mass is 10.3. The van der Waals surface area contributed by atoms with Crippen molar-refractivity contribution in [2.24, 2.45) is 0 Å². The summed E-state index contributed by atoms with van der Waals surface area (Å²) < 4.78 is 45.7. The molecule has 1 aromatic rings. The number of carbonyl (C=O) groups excluding carboxylic acids is 2. The van der Waals surface area contributed by atoms with Crippen LogP contribution in [-0.2, 0) is 9.53 Å². The SMILES string of the molecule is COC(=O)CCN(CC(F)(F)F)C(=O)c1nonc1N. The second kappa shape index (κ2) is 6.21. The Labute approximate surface area is 110 Å². The zero-order valence-corrected chi connectivity index (χ0v) is 10.3. The molecule has 1 rings (SSSR count). The summed E-state index contributed by atoms with van der Waals surface area (Å²) in [4.78, 5) is 23.1. The topological polar surface area (TPSA) is 112 Å². The minimum atomic E-state index is -4.64. The van der Waals surface area contributed by atoms with Gasteiger partial charge in [0.05, 0.1) is 13.5 Å². The second-order valence-corrected chi connectivity index (χ2v) is 3.67. The molecule has 0 fully saturated rings. The fourth-order valence-electron chi connectivity index (χ4n) is 1.29. The van der Waals surface area contributed by atoms with Crippen LogP contribution in [0.2, 0.25) is 0 Å². The van der Waals surface area contributed by atoms with Crippen LogP contribution in [0.25, 0.3) is 0 Å². The Bertz CT molecular complexity index is 488. The molecule has 0 unspecified atom stereocenters. The maximum absolute atomic E-state index is 12.4. The third-order valence-electron chi connectivity index (χ3n) is 2.19. The summed E-state index contributed by atoms with van der Waals surface area (Å²) in [6, 6.07) is 0. The van der Waals surface area contributed by atoms with Crippen molar-refractivity contribution >= 4 is 17.7 Å². The van der Waals surface area contributed by atoms with E-state index in [1.54, 1.807) is 0 Å². The lowest BCUT2D eigenvalue weighted by molar-refractivity contribution is -0.147. The zero-order chi connectivity index (χ0) is 15.3. The lowest BCUT2D eigenvalue weighted by Gasteiger charge is -2.22. The Morgan fingerprint density at radius 2 is 2.05 bits per heavy atom. The molecular weight excluding hydrogens is 285 g/mol. The van der Waals surface area contributed by atoms with Crippen molar-refractivity contribution in [3.8, 4) is 0 Å². The van der Waals surface area contributed by atoms with Crippen LogP contribution in [0, 0.1) is 0 Å². The lowest BCUT2D eigenvalue weighted by Crippen LogP contribution is -2.40. The van der Waals surface area contributed by atoms with E-state index in [1.165, 1.54) is 0 Å². The van der Waals surface area contributed by atoms with E-state index >= 15 is 0 Å². The molecule has 0 radical (unpaired) electrons. The minimum absolute atomic E-state index is 0.368. The summed E-state index contributed by atoms with van der Waals surface area (Å²) >= 11 is 0. The highest BCUT2D eigenvalue weighted by atomic mass is 19.4. The quantitative estimate of drug-likeness (QED) is 0.773. The second-order valence-electron chi connectivity index (χ2n) is 3.67. The van der Waals surface area contributed by atoms with Gasteiger partial charge in [-0.25, -0.2) is 4.63 Å². The maximum Gasteiger partial charge on any atom is 0.406 e. The molecule has 1 heterocycles. The van der Waals surface area contributed by atoms with Crippen molar-refractivity contribution in [1.82, 2.24) is 15.2 Å². The summed E-state index contributed by atoms with van der Waals surface area (Å²) in [6.45, 7) is -2.06. The average Bonchev–Trinajstić information content (AvgIpc) is 2.78. The number of esters is 1. The highest BCUT2D eigenvalue weighted by Crippen LogP contribution is 2.19. The van der Waals surface area contributed by atoms with Gasteiger partial charge in [-0.1, -0.05) is 0 Å². The van der Waals surface area contributed by atoms with Gasteiger partial charge in [-0.3, -0.25) is 9.59 Å². The molecule has 1 aromatic heterocycles. The largest absolute Gasteiger partial charge is 0.469 e. The number of alkyl halides is 3. The van der Waals surface area contributed by atoms with Crippen LogP contribution in [0.4, 0.5) is 19.0 Å². The van der Waals surface area contributed by atoms with Crippen molar-refractivity contribution in [2.75, 3.05) is 25.9 Å². The van der Waals surface area contributed by atoms with E-state index in [9.17, 15) is 22.8 Å². The van der Waals surface area contributed by atoms with Crippen molar-refractivity contribution in [2.45, 2.75) is 12.6 Å². The van der Waals surface area contributed by atoms with Gasteiger partial charge in [-0.05, 0) is 10.3 Å². The van der Waals surface area contributed by atoms with Crippen molar-refractivity contribution in [3.05, 3.63) is 5.69 Å². The molecule has 0 aliphatic carbocycles. The van der Waals surface area contributed by atoms with E-state index in [1.807, 2.05) is 0 Å². The first-order chi connectivity index (χ1) is 9.24. The van der Waals surface area contributed by atoms with Crippen LogP contribution in [0.3, 0.4) is 0 Å². The molecular formula is C9H11F3N4O4.